The molecule has 2 N–H and O–H groups in total. The summed E-state index contributed by atoms with van der Waals surface area (Å²) >= 11 is 0. The molecule has 1 fully saturated rings. The summed E-state index contributed by atoms with van der Waals surface area (Å²) in [7, 11) is 3.68. The van der Waals surface area contributed by atoms with Crippen LogP contribution in [0.15, 0.2) is 0 Å². The van der Waals surface area contributed by atoms with Gasteiger partial charge in [0.25, 0.3) is 0 Å². The highest BCUT2D eigenvalue weighted by atomic mass is 16.5. The second-order valence-electron chi connectivity index (χ2n) is 5.23. The maximum Gasteiger partial charge on any atom is 0.220 e. The number of amides is 1. The molecule has 0 spiro atoms. The highest BCUT2D eigenvalue weighted by molar-refractivity contribution is 5.76. The number of ether oxygens (including phenoxy) is 1. The van der Waals surface area contributed by atoms with Gasteiger partial charge in [-0.2, -0.15) is 0 Å². The Kier molecular flexibility index (Phi) is 6.09. The highest BCUT2D eigenvalue weighted by Gasteiger charge is 2.53. The summed E-state index contributed by atoms with van der Waals surface area (Å²) in [6.07, 6.45) is 4.88. The fourth-order valence-electron chi connectivity index (χ4n) is 3.17. The van der Waals surface area contributed by atoms with Crippen molar-refractivity contribution in [3.8, 4) is 0 Å². The van der Waals surface area contributed by atoms with E-state index in [1.165, 1.54) is 0 Å². The number of nitrogens with one attached hydrogen (secondary N) is 2. The topological polar surface area (TPSA) is 50.4 Å². The Morgan fingerprint density at radius 3 is 2.56 bits per heavy atom. The normalized spacial score (nSPS) is 25.6. The molecule has 0 aromatic carbocycles. The smallest absolute Gasteiger partial charge is 0.220 e. The summed E-state index contributed by atoms with van der Waals surface area (Å²) in [5, 5.41) is 6.24. The number of carbonyl (C=O) groups excluding carboxylic acids is 1. The molecule has 0 bridgehead atoms. The van der Waals surface area contributed by atoms with Crippen molar-refractivity contribution in [1.29, 1.82) is 0 Å². The maximum atomic E-state index is 11.9. The molecule has 0 aromatic rings. The molecule has 1 aliphatic rings. The minimum atomic E-state index is 0.146. The Labute approximate surface area is 111 Å². The van der Waals surface area contributed by atoms with E-state index in [1.54, 1.807) is 7.11 Å². The first kappa shape index (κ1) is 15.4. The number of hydrogen-bond acceptors (Lipinski definition) is 3. The molecule has 18 heavy (non-hydrogen) atoms. The third-order valence-electron chi connectivity index (χ3n) is 4.55. The van der Waals surface area contributed by atoms with Crippen LogP contribution in [0, 0.1) is 5.41 Å². The molecule has 4 nitrogen and oxygen atoms in total. The molecule has 1 rings (SSSR count). The zero-order valence-corrected chi connectivity index (χ0v) is 12.2. The van der Waals surface area contributed by atoms with Crippen molar-refractivity contribution in [2.45, 2.75) is 58.1 Å². The Bertz CT molecular complexity index is 265. The van der Waals surface area contributed by atoms with E-state index in [0.717, 1.165) is 32.2 Å². The molecule has 4 heteroatoms. The molecule has 0 aliphatic heterocycles. The van der Waals surface area contributed by atoms with E-state index in [2.05, 4.69) is 24.5 Å². The van der Waals surface area contributed by atoms with E-state index in [-0.39, 0.29) is 11.3 Å². The first-order valence-corrected chi connectivity index (χ1v) is 7.11. The van der Waals surface area contributed by atoms with Crippen LogP contribution in [0.5, 0.6) is 0 Å². The zero-order valence-electron chi connectivity index (χ0n) is 12.2. The quantitative estimate of drug-likeness (QED) is 0.650. The molecule has 1 amide bonds. The van der Waals surface area contributed by atoms with Gasteiger partial charge in [0.2, 0.25) is 5.91 Å². The van der Waals surface area contributed by atoms with Crippen molar-refractivity contribution < 1.29 is 9.53 Å². The van der Waals surface area contributed by atoms with Gasteiger partial charge in [0.1, 0.15) is 0 Å². The number of rotatable bonds is 8. The first-order valence-electron chi connectivity index (χ1n) is 7.11. The fraction of sp³-hybridized carbons (Fsp3) is 0.929. The molecule has 2 atom stereocenters. The first-order chi connectivity index (χ1) is 8.64. The summed E-state index contributed by atoms with van der Waals surface area (Å²) in [5.41, 5.74) is 0.146. The van der Waals surface area contributed by atoms with Gasteiger partial charge in [-0.25, -0.2) is 0 Å². The third kappa shape index (κ3) is 3.04. The van der Waals surface area contributed by atoms with Crippen LogP contribution in [0.1, 0.15) is 46.0 Å². The van der Waals surface area contributed by atoms with Gasteiger partial charge in [-0.1, -0.05) is 13.8 Å². The standard InChI is InChI=1S/C14H28N2O2/c1-5-14(6-2)11(10-12(14)18-4)16-13(17)8-7-9-15-3/h11-12,15H,5-10H2,1-4H3,(H,16,17). The molecule has 1 saturated carbocycles. The van der Waals surface area contributed by atoms with E-state index in [4.69, 9.17) is 4.74 Å². The van der Waals surface area contributed by atoms with Crippen molar-refractivity contribution >= 4 is 5.91 Å². The van der Waals surface area contributed by atoms with Crippen molar-refractivity contribution in [2.75, 3.05) is 20.7 Å². The lowest BCUT2D eigenvalue weighted by atomic mass is 9.58. The lowest BCUT2D eigenvalue weighted by Crippen LogP contribution is -2.64. The van der Waals surface area contributed by atoms with Crippen LogP contribution in [-0.2, 0) is 9.53 Å². The zero-order chi connectivity index (χ0) is 13.6. The monoisotopic (exact) mass is 256 g/mol. The van der Waals surface area contributed by atoms with Gasteiger partial charge in [-0.15, -0.1) is 0 Å². The van der Waals surface area contributed by atoms with Crippen LogP contribution < -0.4 is 10.6 Å². The summed E-state index contributed by atoms with van der Waals surface area (Å²) in [5.74, 6) is 0.177. The van der Waals surface area contributed by atoms with E-state index in [0.29, 0.717) is 18.6 Å². The fourth-order valence-corrected chi connectivity index (χ4v) is 3.17. The van der Waals surface area contributed by atoms with Gasteiger partial charge in [0.05, 0.1) is 6.10 Å². The van der Waals surface area contributed by atoms with Crippen molar-refractivity contribution in [3.05, 3.63) is 0 Å². The molecular weight excluding hydrogens is 228 g/mol. The Morgan fingerprint density at radius 1 is 1.39 bits per heavy atom. The van der Waals surface area contributed by atoms with Crippen LogP contribution in [-0.4, -0.2) is 38.8 Å². The maximum absolute atomic E-state index is 11.9. The average Bonchev–Trinajstić information content (AvgIpc) is 2.36. The molecule has 0 saturated heterocycles. The molecule has 106 valence electrons. The summed E-state index contributed by atoms with van der Waals surface area (Å²) < 4.78 is 5.53. The summed E-state index contributed by atoms with van der Waals surface area (Å²) in [6.45, 7) is 5.27. The minimum Gasteiger partial charge on any atom is -0.381 e. The van der Waals surface area contributed by atoms with Crippen LogP contribution in [0.25, 0.3) is 0 Å². The Morgan fingerprint density at radius 2 is 2.06 bits per heavy atom. The predicted molar refractivity (Wildman–Crippen MR) is 73.5 cm³/mol. The molecule has 0 radical (unpaired) electrons. The second-order valence-corrected chi connectivity index (χ2v) is 5.23. The van der Waals surface area contributed by atoms with Gasteiger partial charge >= 0.3 is 0 Å². The molecule has 1 aliphatic carbocycles. The predicted octanol–water partition coefficient (Wildman–Crippen LogP) is 1.70. The highest BCUT2D eigenvalue weighted by Crippen LogP contribution is 2.48. The van der Waals surface area contributed by atoms with Crippen molar-refractivity contribution in [1.82, 2.24) is 10.6 Å². The van der Waals surface area contributed by atoms with Crippen LogP contribution >= 0.6 is 0 Å². The summed E-state index contributed by atoms with van der Waals surface area (Å²) in [6, 6.07) is 0.291. The van der Waals surface area contributed by atoms with E-state index in [1.807, 2.05) is 7.05 Å². The Balaban J connectivity index is 2.45. The second kappa shape index (κ2) is 7.10. The largest absolute Gasteiger partial charge is 0.381 e. The van der Waals surface area contributed by atoms with Gasteiger partial charge < -0.3 is 15.4 Å². The van der Waals surface area contributed by atoms with Crippen LogP contribution in [0.2, 0.25) is 0 Å². The van der Waals surface area contributed by atoms with E-state index < -0.39 is 0 Å². The molecule has 0 aromatic heterocycles. The van der Waals surface area contributed by atoms with E-state index >= 15 is 0 Å². The minimum absolute atomic E-state index is 0.146. The molecular formula is C14H28N2O2. The molecule has 0 heterocycles. The lowest BCUT2D eigenvalue weighted by Gasteiger charge is -2.55. The van der Waals surface area contributed by atoms with Gasteiger partial charge in [-0.3, -0.25) is 4.79 Å². The number of carbonyl (C=O) groups is 1. The van der Waals surface area contributed by atoms with Crippen LogP contribution in [0.4, 0.5) is 0 Å². The molecule has 2 unspecified atom stereocenters. The lowest BCUT2D eigenvalue weighted by molar-refractivity contribution is -0.141. The third-order valence-corrected chi connectivity index (χ3v) is 4.55. The summed E-state index contributed by atoms with van der Waals surface area (Å²) in [4.78, 5) is 11.9. The van der Waals surface area contributed by atoms with Gasteiger partial charge in [0, 0.05) is 25.0 Å². The van der Waals surface area contributed by atoms with E-state index in [9.17, 15) is 4.79 Å². The number of methoxy groups -OCH3 is 1. The Hall–Kier alpha value is -0.610. The number of hydrogen-bond donors (Lipinski definition) is 2. The average molecular weight is 256 g/mol. The van der Waals surface area contributed by atoms with Crippen molar-refractivity contribution in [3.63, 3.8) is 0 Å². The van der Waals surface area contributed by atoms with Gasteiger partial charge in [0.15, 0.2) is 0 Å². The van der Waals surface area contributed by atoms with Crippen molar-refractivity contribution in [2.24, 2.45) is 5.41 Å². The van der Waals surface area contributed by atoms with Crippen LogP contribution in [0.3, 0.4) is 0 Å². The SMILES string of the molecule is CCC1(CC)C(NC(=O)CCCNC)CC1OC. The van der Waals surface area contributed by atoms with Gasteiger partial charge in [-0.05, 0) is 39.3 Å².